The number of aliphatic carboxylic acids is 2. The number of nitrogens with two attached hydrogens (primary N) is 1. The van der Waals surface area contributed by atoms with Crippen LogP contribution in [0, 0.1) is 0 Å². The van der Waals surface area contributed by atoms with Crippen molar-refractivity contribution in [1.82, 2.24) is 25.9 Å². The number of nitrogen functional groups attached to an aromatic ring is 1. The Morgan fingerprint density at radius 2 is 1.64 bits per heavy atom. The number of nitrogens with one attached hydrogen (secondary N) is 5. The van der Waals surface area contributed by atoms with Crippen LogP contribution in [-0.2, 0) is 46.4 Å². The summed E-state index contributed by atoms with van der Waals surface area (Å²) in [5.41, 5.74) is 2.50. The number of aromatic hydroxyl groups is 2. The maximum absolute atomic E-state index is 14.1. The summed E-state index contributed by atoms with van der Waals surface area (Å²) in [6.45, 7) is 7.46. The summed E-state index contributed by atoms with van der Waals surface area (Å²) in [6.07, 6.45) is -8.35. The molecule has 1 saturated heterocycles. The SMILES string of the molecule is C=Nc1nc(N)[nH]c(=O)c1N=C(C)CNc1ccc(C(=O)NC(CCC(=O)NC(CSSc2ccccc2COC(=O)NC2CC(OC3C[C@](O)(C(C)=O)Cc4c(O)c5c(c(O)c43)C(=O)c3c(OC)cccc3C5=O)OC(C)C2O)C(=O)O)C(=O)O)cc1. The van der Waals surface area contributed by atoms with E-state index in [1.165, 1.54) is 44.4 Å². The highest BCUT2D eigenvalue weighted by atomic mass is 33.1. The van der Waals surface area contributed by atoms with Crippen molar-refractivity contribution in [2.45, 2.75) is 113 Å². The van der Waals surface area contributed by atoms with Gasteiger partial charge in [0, 0.05) is 75.5 Å². The predicted molar refractivity (Wildman–Crippen MR) is 318 cm³/mol. The van der Waals surface area contributed by atoms with Crippen molar-refractivity contribution >= 4 is 104 Å². The smallest absolute Gasteiger partial charge is 0.407 e. The molecule has 5 aromatic rings. The molecule has 8 rings (SSSR count). The van der Waals surface area contributed by atoms with Crippen molar-refractivity contribution in [2.75, 3.05) is 30.5 Å². The van der Waals surface area contributed by atoms with Crippen LogP contribution in [0.2, 0.25) is 0 Å². The lowest BCUT2D eigenvalue weighted by molar-refractivity contribution is -0.249. The minimum absolute atomic E-state index is 0.0353. The second kappa shape index (κ2) is 27.7. The normalized spacial score (nSPS) is 20.2. The zero-order valence-electron chi connectivity index (χ0n) is 47.5. The van der Waals surface area contributed by atoms with Crippen LogP contribution in [0.15, 0.2) is 86.4 Å². The second-order valence-electron chi connectivity index (χ2n) is 20.7. The van der Waals surface area contributed by atoms with E-state index >= 15 is 0 Å². The van der Waals surface area contributed by atoms with Crippen molar-refractivity contribution < 1.29 is 87.9 Å². The van der Waals surface area contributed by atoms with E-state index in [-0.39, 0.29) is 82.8 Å². The molecular formula is C58H61N9O19S2. The molecule has 0 radical (unpaired) electrons. The molecule has 2 aliphatic carbocycles. The number of carboxylic acids is 2. The number of aliphatic imine (C=N–C) groups is 2. The first-order valence-corrected chi connectivity index (χ1v) is 29.3. The third kappa shape index (κ3) is 14.4. The summed E-state index contributed by atoms with van der Waals surface area (Å²) in [6, 6.07) is 12.8. The molecule has 0 saturated carbocycles. The number of ether oxygens (including phenoxy) is 4. The number of H-pyrrole nitrogens is 1. The summed E-state index contributed by atoms with van der Waals surface area (Å²) in [4.78, 5) is 132. The fourth-order valence-electron chi connectivity index (χ4n) is 10.1. The molecule has 464 valence electrons. The number of aromatic amines is 1. The molecule has 1 fully saturated rings. The highest BCUT2D eigenvalue weighted by molar-refractivity contribution is 8.76. The van der Waals surface area contributed by atoms with E-state index in [4.69, 9.17) is 24.7 Å². The second-order valence-corrected chi connectivity index (χ2v) is 23.1. The van der Waals surface area contributed by atoms with E-state index in [1.807, 2.05) is 0 Å². The monoisotopic (exact) mass is 1250 g/mol. The minimum atomic E-state index is -2.20. The Morgan fingerprint density at radius 3 is 2.32 bits per heavy atom. The van der Waals surface area contributed by atoms with Gasteiger partial charge in [0.15, 0.2) is 29.4 Å². The number of benzene rings is 4. The summed E-state index contributed by atoms with van der Waals surface area (Å²) >= 11 is 0. The summed E-state index contributed by atoms with van der Waals surface area (Å²) < 4.78 is 23.2. The first kappa shape index (κ1) is 64.8. The molecule has 1 aromatic heterocycles. The molecule has 3 aliphatic rings. The quantitative estimate of drug-likeness (QED) is 0.0230. The number of alkyl carbamates (subject to hydrolysis) is 1. The van der Waals surface area contributed by atoms with E-state index in [0.717, 1.165) is 28.5 Å². The number of anilines is 2. The number of hydrogen-bond donors (Lipinski definition) is 12. The first-order valence-electron chi connectivity index (χ1n) is 27.0. The van der Waals surface area contributed by atoms with Gasteiger partial charge in [-0.25, -0.2) is 24.4 Å². The number of Topliss-reactive ketones (excluding diaryl/α,β-unsaturated/α-hetero) is 1. The molecule has 1 aliphatic heterocycles. The molecule has 0 bridgehead atoms. The van der Waals surface area contributed by atoms with Gasteiger partial charge < -0.3 is 76.6 Å². The van der Waals surface area contributed by atoms with Crippen molar-refractivity contribution in [1.29, 1.82) is 0 Å². The number of hydrogen-bond acceptors (Lipinski definition) is 24. The van der Waals surface area contributed by atoms with Crippen LogP contribution in [-0.4, -0.2) is 162 Å². The zero-order valence-corrected chi connectivity index (χ0v) is 49.1. The molecule has 0 spiro atoms. The van der Waals surface area contributed by atoms with Gasteiger partial charge in [0.05, 0.1) is 48.6 Å². The van der Waals surface area contributed by atoms with Gasteiger partial charge in [0.1, 0.15) is 47.6 Å². The average molecular weight is 1250 g/mol. The van der Waals surface area contributed by atoms with Gasteiger partial charge in [-0.3, -0.25) is 33.8 Å². The number of aliphatic hydroxyl groups is 2. The number of amides is 3. The van der Waals surface area contributed by atoms with Crippen molar-refractivity contribution in [3.8, 4) is 17.2 Å². The molecule has 3 amide bonds. The molecule has 30 heteroatoms. The number of carbonyl (C=O) groups excluding carboxylic acids is 6. The highest BCUT2D eigenvalue weighted by Gasteiger charge is 2.50. The molecule has 2 heterocycles. The fourth-order valence-corrected chi connectivity index (χ4v) is 12.5. The summed E-state index contributed by atoms with van der Waals surface area (Å²) in [5, 5.41) is 76.7. The Morgan fingerprint density at radius 1 is 0.932 bits per heavy atom. The minimum Gasteiger partial charge on any atom is -0.507 e. The molecule has 13 N–H and O–H groups in total. The molecule has 28 nitrogen and oxygen atoms in total. The highest BCUT2D eigenvalue weighted by Crippen LogP contribution is 2.53. The lowest BCUT2D eigenvalue weighted by atomic mass is 9.72. The first-order chi connectivity index (χ1) is 41.8. The van der Waals surface area contributed by atoms with Crippen LogP contribution in [0.5, 0.6) is 17.2 Å². The van der Waals surface area contributed by atoms with Crippen LogP contribution in [0.25, 0.3) is 0 Å². The van der Waals surface area contributed by atoms with Crippen LogP contribution >= 0.6 is 21.6 Å². The van der Waals surface area contributed by atoms with E-state index in [0.29, 0.717) is 21.9 Å². The van der Waals surface area contributed by atoms with Crippen LogP contribution in [0.1, 0.15) is 111 Å². The zero-order chi connectivity index (χ0) is 63.9. The van der Waals surface area contributed by atoms with Gasteiger partial charge in [-0.1, -0.05) is 51.9 Å². The average Bonchev–Trinajstić information content (AvgIpc) is 0.722. The number of phenols is 2. The van der Waals surface area contributed by atoms with Gasteiger partial charge in [0.25, 0.3) is 11.5 Å². The largest absolute Gasteiger partial charge is 0.507 e. The third-order valence-corrected chi connectivity index (χ3v) is 17.2. The molecule has 8 atom stereocenters. The molecule has 4 aromatic carbocycles. The van der Waals surface area contributed by atoms with Gasteiger partial charge in [-0.05, 0) is 70.3 Å². The number of carbonyl (C=O) groups is 8. The Bertz CT molecular complexity index is 3710. The number of rotatable bonds is 24. The Hall–Kier alpha value is -9.20. The van der Waals surface area contributed by atoms with Crippen LogP contribution in [0.3, 0.4) is 0 Å². The standard InChI is InChI=1S/C58H61N9O19S2/c1-25(62-45-51(60-4)66-56(59)67-53(45)76)22-61-30-15-13-28(14-16-30)52(75)64-33(54(77)78)17-18-39(69)63-35(55(79)80)24-87-88-38-12-7-6-9-29(38)23-84-57(81)65-34-19-40(85-26(2)46(34)70)86-37-21-58(82,27(3)68)20-32-42(37)50(74)44-43(48(32)72)47(71)31-10-8-11-36(83-5)41(31)49(44)73/h6-16,26,33-35,37,40,46,61,70,72,74,82H,4,17-24H2,1-3,5H3,(H,63,69)(H,64,75)(H,65,81)(H,77,78)(H,79,80)(H3,59,66,67,76)/t26?,33?,34?,35?,37?,40?,46?,58-/m0/s1. The number of carboxylic acid groups (broad SMARTS) is 2. The van der Waals surface area contributed by atoms with E-state index in [9.17, 15) is 73.8 Å². The van der Waals surface area contributed by atoms with Gasteiger partial charge in [-0.2, -0.15) is 4.98 Å². The van der Waals surface area contributed by atoms with Crippen molar-refractivity contribution in [3.05, 3.63) is 122 Å². The number of aromatic nitrogens is 2. The van der Waals surface area contributed by atoms with Gasteiger partial charge >= 0.3 is 18.0 Å². The maximum Gasteiger partial charge on any atom is 0.407 e. The molecule has 88 heavy (non-hydrogen) atoms. The van der Waals surface area contributed by atoms with E-state index in [2.05, 4.69) is 47.9 Å². The Kier molecular flexibility index (Phi) is 20.4. The summed E-state index contributed by atoms with van der Waals surface area (Å²) in [7, 11) is 3.44. The number of aliphatic hydroxyl groups excluding tert-OH is 1. The Balaban J connectivity index is 0.824. The lowest BCUT2D eigenvalue weighted by Gasteiger charge is -2.42. The van der Waals surface area contributed by atoms with Crippen LogP contribution in [0.4, 0.5) is 27.9 Å². The number of phenolic OH excluding ortho intramolecular Hbond substituents is 2. The maximum atomic E-state index is 14.1. The van der Waals surface area contributed by atoms with Gasteiger partial charge in [-0.15, -0.1) is 0 Å². The lowest BCUT2D eigenvalue weighted by Crippen LogP contribution is -2.55. The molecule has 7 unspecified atom stereocenters. The fraction of sp³-hybridized carbons (Fsp3) is 0.345. The predicted octanol–water partition coefficient (Wildman–Crippen LogP) is 4.17. The number of ketones is 3. The van der Waals surface area contributed by atoms with Crippen LogP contribution < -0.4 is 37.3 Å². The van der Waals surface area contributed by atoms with E-state index < -0.39 is 143 Å². The van der Waals surface area contributed by atoms with Crippen molar-refractivity contribution in [3.63, 3.8) is 0 Å². The molecular weight excluding hydrogens is 1190 g/mol. The van der Waals surface area contributed by atoms with Gasteiger partial charge in [0.2, 0.25) is 17.6 Å². The van der Waals surface area contributed by atoms with E-state index in [1.54, 1.807) is 43.3 Å². The number of nitrogens with zero attached hydrogens (tertiary/aromatic N) is 3. The third-order valence-electron chi connectivity index (χ3n) is 14.7. The van der Waals surface area contributed by atoms with Crippen molar-refractivity contribution in [2.24, 2.45) is 9.98 Å². The Labute approximate surface area is 508 Å². The number of methoxy groups -OCH3 is 1. The topological polar surface area (TPSA) is 439 Å². The number of fused-ring (bicyclic) bond motifs is 3. The summed E-state index contributed by atoms with van der Waals surface area (Å²) in [5.74, 6) is -8.61.